The highest BCUT2D eigenvalue weighted by Crippen LogP contribution is 2.26. The topological polar surface area (TPSA) is 66.3 Å². The normalized spacial score (nSPS) is 11.5. The number of rotatable bonds is 5. The summed E-state index contributed by atoms with van der Waals surface area (Å²) in [6, 6.07) is 0. The molecule has 0 spiro atoms. The van der Waals surface area contributed by atoms with E-state index >= 15 is 0 Å². The van der Waals surface area contributed by atoms with Crippen LogP contribution >= 0.6 is 11.8 Å². The number of aryl methyl sites for hydroxylation is 2. The first-order valence-electron chi connectivity index (χ1n) is 5.94. The van der Waals surface area contributed by atoms with Crippen LogP contribution in [0.15, 0.2) is 11.1 Å². The van der Waals surface area contributed by atoms with E-state index in [0.29, 0.717) is 11.4 Å². The van der Waals surface area contributed by atoms with Gasteiger partial charge in [-0.25, -0.2) is 14.8 Å². The molecule has 0 amide bonds. The Labute approximate surface area is 117 Å². The number of hydrogen-bond acceptors (Lipinski definition) is 5. The van der Waals surface area contributed by atoms with Gasteiger partial charge in [0.05, 0.1) is 17.1 Å². The van der Waals surface area contributed by atoms with Crippen molar-refractivity contribution < 1.29 is 9.90 Å². The van der Waals surface area contributed by atoms with E-state index in [1.165, 1.54) is 11.8 Å². The summed E-state index contributed by atoms with van der Waals surface area (Å²) < 4.78 is 0. The standard InChI is InChI=1S/C13H19N3O2S/c1-6-9-8(2)14-12(13(15-9)19-5)10(16(3)4)7-11(17)18/h7H,6H2,1-5H3,(H,17,18)/b10-7-. The van der Waals surface area contributed by atoms with Crippen molar-refractivity contribution in [3.05, 3.63) is 23.2 Å². The molecule has 1 aromatic heterocycles. The number of carboxylic acids is 1. The molecule has 0 aromatic carbocycles. The van der Waals surface area contributed by atoms with E-state index in [4.69, 9.17) is 5.11 Å². The quantitative estimate of drug-likeness (QED) is 0.658. The highest BCUT2D eigenvalue weighted by molar-refractivity contribution is 7.98. The van der Waals surface area contributed by atoms with Gasteiger partial charge >= 0.3 is 5.97 Å². The van der Waals surface area contributed by atoms with Gasteiger partial charge in [-0.2, -0.15) is 0 Å². The molecule has 5 nitrogen and oxygen atoms in total. The Morgan fingerprint density at radius 3 is 2.47 bits per heavy atom. The molecule has 0 saturated heterocycles. The van der Waals surface area contributed by atoms with Gasteiger partial charge in [0.1, 0.15) is 10.7 Å². The Balaban J connectivity index is 3.46. The molecule has 0 radical (unpaired) electrons. The van der Waals surface area contributed by atoms with E-state index in [-0.39, 0.29) is 0 Å². The van der Waals surface area contributed by atoms with Crippen LogP contribution in [-0.4, -0.2) is 46.3 Å². The molecule has 0 atom stereocenters. The largest absolute Gasteiger partial charge is 0.478 e. The van der Waals surface area contributed by atoms with Crippen LogP contribution < -0.4 is 0 Å². The number of carboxylic acid groups (broad SMARTS) is 1. The summed E-state index contributed by atoms with van der Waals surface area (Å²) in [5.41, 5.74) is 2.96. The van der Waals surface area contributed by atoms with Gasteiger partial charge in [-0.15, -0.1) is 11.8 Å². The summed E-state index contributed by atoms with van der Waals surface area (Å²) in [7, 11) is 3.59. The third-order valence-electron chi connectivity index (χ3n) is 2.65. The molecule has 1 heterocycles. The fourth-order valence-electron chi connectivity index (χ4n) is 1.71. The molecule has 0 bridgehead atoms. The summed E-state index contributed by atoms with van der Waals surface area (Å²) in [6.07, 6.45) is 3.89. The lowest BCUT2D eigenvalue weighted by molar-refractivity contribution is -0.131. The third kappa shape index (κ3) is 3.70. The first kappa shape index (κ1) is 15.5. The van der Waals surface area contributed by atoms with Crippen molar-refractivity contribution in [2.24, 2.45) is 0 Å². The molecule has 0 aliphatic rings. The van der Waals surface area contributed by atoms with Crippen LogP contribution in [-0.2, 0) is 11.2 Å². The van der Waals surface area contributed by atoms with Gasteiger partial charge in [0.2, 0.25) is 0 Å². The second kappa shape index (κ2) is 6.56. The first-order chi connectivity index (χ1) is 8.90. The van der Waals surface area contributed by atoms with Crippen LogP contribution in [0.3, 0.4) is 0 Å². The Morgan fingerprint density at radius 2 is 2.05 bits per heavy atom. The van der Waals surface area contributed by atoms with Gasteiger partial charge < -0.3 is 10.0 Å². The zero-order valence-corrected chi connectivity index (χ0v) is 12.7. The average molecular weight is 281 g/mol. The van der Waals surface area contributed by atoms with Crippen LogP contribution in [0.2, 0.25) is 0 Å². The van der Waals surface area contributed by atoms with Crippen LogP contribution in [0, 0.1) is 6.92 Å². The summed E-state index contributed by atoms with van der Waals surface area (Å²) in [5.74, 6) is -0.991. The van der Waals surface area contributed by atoms with E-state index < -0.39 is 5.97 Å². The van der Waals surface area contributed by atoms with E-state index in [9.17, 15) is 4.79 Å². The lowest BCUT2D eigenvalue weighted by Crippen LogP contribution is -2.15. The Hall–Kier alpha value is -1.56. The Morgan fingerprint density at radius 1 is 1.42 bits per heavy atom. The highest BCUT2D eigenvalue weighted by Gasteiger charge is 2.16. The minimum atomic E-state index is -0.991. The molecular formula is C13H19N3O2S. The summed E-state index contributed by atoms with van der Waals surface area (Å²) in [4.78, 5) is 21.8. The number of carbonyl (C=O) groups is 1. The molecular weight excluding hydrogens is 262 g/mol. The fourth-order valence-corrected chi connectivity index (χ4v) is 2.25. The number of aliphatic carboxylic acids is 1. The monoisotopic (exact) mass is 281 g/mol. The van der Waals surface area contributed by atoms with Crippen LogP contribution in [0.4, 0.5) is 0 Å². The van der Waals surface area contributed by atoms with Gasteiger partial charge in [-0.3, -0.25) is 0 Å². The molecule has 0 aliphatic heterocycles. The predicted molar refractivity (Wildman–Crippen MR) is 77.2 cm³/mol. The van der Waals surface area contributed by atoms with Crippen molar-refractivity contribution in [2.75, 3.05) is 20.4 Å². The van der Waals surface area contributed by atoms with Crippen molar-refractivity contribution >= 4 is 23.4 Å². The Kier molecular flexibility index (Phi) is 5.35. The maximum Gasteiger partial charge on any atom is 0.330 e. The SMILES string of the molecule is CCc1nc(SC)c(/C(=C/C(=O)O)N(C)C)nc1C. The minimum Gasteiger partial charge on any atom is -0.478 e. The number of aromatic nitrogens is 2. The summed E-state index contributed by atoms with van der Waals surface area (Å²) >= 11 is 1.47. The van der Waals surface area contributed by atoms with Crippen molar-refractivity contribution in [2.45, 2.75) is 25.3 Å². The van der Waals surface area contributed by atoms with Crippen LogP contribution in [0.1, 0.15) is 24.0 Å². The van der Waals surface area contributed by atoms with Crippen LogP contribution in [0.25, 0.3) is 5.70 Å². The van der Waals surface area contributed by atoms with Gasteiger partial charge in [-0.1, -0.05) is 6.92 Å². The maximum absolute atomic E-state index is 10.9. The fraction of sp³-hybridized carbons (Fsp3) is 0.462. The highest BCUT2D eigenvalue weighted by atomic mass is 32.2. The second-order valence-electron chi connectivity index (χ2n) is 4.23. The third-order valence-corrected chi connectivity index (χ3v) is 3.32. The number of nitrogens with zero attached hydrogens (tertiary/aromatic N) is 3. The molecule has 0 saturated carbocycles. The second-order valence-corrected chi connectivity index (χ2v) is 5.02. The summed E-state index contributed by atoms with van der Waals surface area (Å²) in [5, 5.41) is 9.72. The number of thioether (sulfide) groups is 1. The molecule has 104 valence electrons. The zero-order chi connectivity index (χ0) is 14.6. The molecule has 1 rings (SSSR count). The van der Waals surface area contributed by atoms with Crippen LogP contribution in [0.5, 0.6) is 0 Å². The van der Waals surface area contributed by atoms with Gasteiger partial charge in [0, 0.05) is 20.2 Å². The minimum absolute atomic E-state index is 0.551. The maximum atomic E-state index is 10.9. The summed E-state index contributed by atoms with van der Waals surface area (Å²) in [6.45, 7) is 3.92. The zero-order valence-electron chi connectivity index (χ0n) is 11.9. The predicted octanol–water partition coefficient (Wildman–Crippen LogP) is 2.06. The molecule has 0 unspecified atom stereocenters. The lowest BCUT2D eigenvalue weighted by Gasteiger charge is -2.19. The molecule has 1 N–H and O–H groups in total. The Bertz CT molecular complexity index is 513. The molecule has 0 fully saturated rings. The van der Waals surface area contributed by atoms with E-state index in [0.717, 1.165) is 28.9 Å². The smallest absolute Gasteiger partial charge is 0.330 e. The van der Waals surface area contributed by atoms with Crippen molar-refractivity contribution in [3.8, 4) is 0 Å². The molecule has 19 heavy (non-hydrogen) atoms. The van der Waals surface area contributed by atoms with Gasteiger partial charge in [-0.05, 0) is 19.6 Å². The van der Waals surface area contributed by atoms with Crippen molar-refractivity contribution in [3.63, 3.8) is 0 Å². The van der Waals surface area contributed by atoms with E-state index in [2.05, 4.69) is 9.97 Å². The number of hydrogen-bond donors (Lipinski definition) is 1. The van der Waals surface area contributed by atoms with Gasteiger partial charge in [0.25, 0.3) is 0 Å². The molecule has 1 aromatic rings. The van der Waals surface area contributed by atoms with Gasteiger partial charge in [0.15, 0.2) is 0 Å². The van der Waals surface area contributed by atoms with Crippen molar-refractivity contribution in [1.82, 2.24) is 14.9 Å². The molecule has 6 heteroatoms. The molecule has 0 aliphatic carbocycles. The van der Waals surface area contributed by atoms with E-state index in [1.807, 2.05) is 20.1 Å². The lowest BCUT2D eigenvalue weighted by atomic mass is 10.2. The van der Waals surface area contributed by atoms with Crippen molar-refractivity contribution in [1.29, 1.82) is 0 Å². The first-order valence-corrected chi connectivity index (χ1v) is 7.17. The average Bonchev–Trinajstić information content (AvgIpc) is 2.35. The van der Waals surface area contributed by atoms with E-state index in [1.54, 1.807) is 19.0 Å².